The van der Waals surface area contributed by atoms with Crippen molar-refractivity contribution in [1.29, 1.82) is 0 Å². The highest BCUT2D eigenvalue weighted by Crippen LogP contribution is 2.26. The summed E-state index contributed by atoms with van der Waals surface area (Å²) in [6.07, 6.45) is 0.629. The number of nitrogens with zero attached hydrogens (tertiary/aromatic N) is 3. The van der Waals surface area contributed by atoms with Gasteiger partial charge in [0.1, 0.15) is 0 Å². The van der Waals surface area contributed by atoms with E-state index in [4.69, 9.17) is 4.74 Å². The van der Waals surface area contributed by atoms with Crippen LogP contribution in [-0.2, 0) is 17.7 Å². The largest absolute Gasteiger partial charge is 0.461 e. The lowest BCUT2D eigenvalue weighted by molar-refractivity contribution is 0.0516. The SMILES string of the molecule is CCOC(=O)c1nn(-c2ccccc2)c2c1CN(C(=O)NC)CC2. The van der Waals surface area contributed by atoms with Crippen molar-refractivity contribution in [3.05, 3.63) is 47.3 Å². The van der Waals surface area contributed by atoms with Crippen LogP contribution in [0.25, 0.3) is 5.69 Å². The molecule has 1 N–H and O–H groups in total. The van der Waals surface area contributed by atoms with Crippen molar-refractivity contribution in [2.24, 2.45) is 0 Å². The number of rotatable bonds is 3. The summed E-state index contributed by atoms with van der Waals surface area (Å²) in [7, 11) is 1.59. The lowest BCUT2D eigenvalue weighted by Gasteiger charge is -2.27. The molecule has 0 saturated heterocycles. The number of benzene rings is 1. The molecule has 1 aromatic heterocycles. The van der Waals surface area contributed by atoms with E-state index in [-0.39, 0.29) is 18.3 Å². The van der Waals surface area contributed by atoms with Crippen molar-refractivity contribution < 1.29 is 14.3 Å². The number of amides is 2. The van der Waals surface area contributed by atoms with Crippen molar-refractivity contribution in [2.45, 2.75) is 19.9 Å². The quantitative estimate of drug-likeness (QED) is 0.871. The molecule has 1 aliphatic heterocycles. The molecule has 0 unspecified atom stereocenters. The summed E-state index contributed by atoms with van der Waals surface area (Å²) in [5.74, 6) is -0.456. The summed E-state index contributed by atoms with van der Waals surface area (Å²) in [4.78, 5) is 25.9. The molecular weight excluding hydrogens is 308 g/mol. The van der Waals surface area contributed by atoms with Gasteiger partial charge >= 0.3 is 12.0 Å². The van der Waals surface area contributed by atoms with Crippen LogP contribution < -0.4 is 5.32 Å². The van der Waals surface area contributed by atoms with E-state index < -0.39 is 5.97 Å². The fourth-order valence-corrected chi connectivity index (χ4v) is 2.90. The molecule has 1 aromatic carbocycles. The molecule has 0 fully saturated rings. The van der Waals surface area contributed by atoms with Crippen LogP contribution in [0.5, 0.6) is 0 Å². The molecule has 1 aliphatic rings. The smallest absolute Gasteiger partial charge is 0.359 e. The Morgan fingerprint density at radius 1 is 1.29 bits per heavy atom. The lowest BCUT2D eigenvalue weighted by atomic mass is 10.1. The predicted octanol–water partition coefficient (Wildman–Crippen LogP) is 1.75. The number of hydrogen-bond donors (Lipinski definition) is 1. The average molecular weight is 328 g/mol. The molecule has 7 nitrogen and oxygen atoms in total. The fraction of sp³-hybridized carbons (Fsp3) is 0.353. The Bertz CT molecular complexity index is 755. The van der Waals surface area contributed by atoms with Crippen molar-refractivity contribution >= 4 is 12.0 Å². The van der Waals surface area contributed by atoms with E-state index in [9.17, 15) is 9.59 Å². The van der Waals surface area contributed by atoms with Gasteiger partial charge in [-0.2, -0.15) is 5.10 Å². The molecule has 2 aromatic rings. The molecule has 3 rings (SSSR count). The summed E-state index contributed by atoms with van der Waals surface area (Å²) < 4.78 is 6.91. The van der Waals surface area contributed by atoms with E-state index in [1.165, 1.54) is 0 Å². The topological polar surface area (TPSA) is 76.5 Å². The van der Waals surface area contributed by atoms with E-state index in [1.54, 1.807) is 23.6 Å². The number of urea groups is 1. The lowest BCUT2D eigenvalue weighted by Crippen LogP contribution is -2.41. The van der Waals surface area contributed by atoms with Gasteiger partial charge in [-0.05, 0) is 19.1 Å². The number of ether oxygens (including phenoxy) is 1. The molecule has 0 bridgehead atoms. The molecular formula is C17H20N4O3. The van der Waals surface area contributed by atoms with E-state index in [1.807, 2.05) is 30.3 Å². The van der Waals surface area contributed by atoms with E-state index >= 15 is 0 Å². The second-order valence-electron chi connectivity index (χ2n) is 5.47. The van der Waals surface area contributed by atoms with Gasteiger partial charge in [0.05, 0.1) is 24.5 Å². The van der Waals surface area contributed by atoms with Crippen molar-refractivity contribution in [3.63, 3.8) is 0 Å². The third-order valence-electron chi connectivity index (χ3n) is 4.03. The number of fused-ring (bicyclic) bond motifs is 1. The Morgan fingerprint density at radius 3 is 2.71 bits per heavy atom. The van der Waals surface area contributed by atoms with Crippen molar-refractivity contribution in [3.8, 4) is 5.69 Å². The molecule has 0 radical (unpaired) electrons. The first-order chi connectivity index (χ1) is 11.7. The van der Waals surface area contributed by atoms with Gasteiger partial charge in [-0.1, -0.05) is 18.2 Å². The molecule has 0 spiro atoms. The van der Waals surface area contributed by atoms with Gasteiger partial charge in [0.25, 0.3) is 0 Å². The maximum Gasteiger partial charge on any atom is 0.359 e. The van der Waals surface area contributed by atoms with Crippen LogP contribution in [-0.4, -0.2) is 46.9 Å². The van der Waals surface area contributed by atoms with Gasteiger partial charge in [-0.15, -0.1) is 0 Å². The first-order valence-corrected chi connectivity index (χ1v) is 7.95. The van der Waals surface area contributed by atoms with E-state index in [0.29, 0.717) is 19.5 Å². The van der Waals surface area contributed by atoms with Gasteiger partial charge < -0.3 is 15.0 Å². The Balaban J connectivity index is 2.05. The van der Waals surface area contributed by atoms with Crippen LogP contribution in [0.3, 0.4) is 0 Å². The Morgan fingerprint density at radius 2 is 2.04 bits per heavy atom. The van der Waals surface area contributed by atoms with Gasteiger partial charge in [0, 0.05) is 25.6 Å². The van der Waals surface area contributed by atoms with Crippen LogP contribution >= 0.6 is 0 Å². The minimum atomic E-state index is -0.456. The number of carbonyl (C=O) groups excluding carboxylic acids is 2. The third kappa shape index (κ3) is 2.84. The normalized spacial score (nSPS) is 13.3. The van der Waals surface area contributed by atoms with Crippen LogP contribution in [0.4, 0.5) is 4.79 Å². The second-order valence-corrected chi connectivity index (χ2v) is 5.47. The molecule has 2 amide bonds. The average Bonchev–Trinajstić information content (AvgIpc) is 3.01. The summed E-state index contributed by atoms with van der Waals surface area (Å²) in [5.41, 5.74) is 2.87. The minimum absolute atomic E-state index is 0.164. The maximum atomic E-state index is 12.3. The zero-order valence-electron chi connectivity index (χ0n) is 13.8. The van der Waals surface area contributed by atoms with Gasteiger partial charge in [0.15, 0.2) is 5.69 Å². The van der Waals surface area contributed by atoms with Gasteiger partial charge in [-0.3, -0.25) is 0 Å². The van der Waals surface area contributed by atoms with E-state index in [2.05, 4.69) is 10.4 Å². The monoisotopic (exact) mass is 328 g/mol. The molecule has 0 atom stereocenters. The van der Waals surface area contributed by atoms with E-state index in [0.717, 1.165) is 16.9 Å². The Hall–Kier alpha value is -2.83. The summed E-state index contributed by atoms with van der Waals surface area (Å²) in [6, 6.07) is 9.49. The maximum absolute atomic E-state index is 12.3. The zero-order valence-corrected chi connectivity index (χ0v) is 13.8. The first-order valence-electron chi connectivity index (χ1n) is 7.95. The van der Waals surface area contributed by atoms with Crippen LogP contribution in [0.1, 0.15) is 28.7 Å². The number of hydrogen-bond acceptors (Lipinski definition) is 4. The number of nitrogens with one attached hydrogen (secondary N) is 1. The highest BCUT2D eigenvalue weighted by molar-refractivity contribution is 5.89. The summed E-state index contributed by atoms with van der Waals surface area (Å²) in [5, 5.41) is 7.11. The predicted molar refractivity (Wildman–Crippen MR) is 88.1 cm³/mol. The highest BCUT2D eigenvalue weighted by Gasteiger charge is 2.30. The minimum Gasteiger partial charge on any atom is -0.461 e. The van der Waals surface area contributed by atoms with Gasteiger partial charge in [0.2, 0.25) is 0 Å². The Kier molecular flexibility index (Phi) is 4.50. The number of esters is 1. The fourth-order valence-electron chi connectivity index (χ4n) is 2.90. The highest BCUT2D eigenvalue weighted by atomic mass is 16.5. The van der Waals surface area contributed by atoms with Crippen LogP contribution in [0.15, 0.2) is 30.3 Å². The Labute approximate surface area is 140 Å². The van der Waals surface area contributed by atoms with Crippen LogP contribution in [0.2, 0.25) is 0 Å². The summed E-state index contributed by atoms with van der Waals surface area (Å²) in [6.45, 7) is 2.96. The number of para-hydroxylation sites is 1. The molecule has 0 saturated carbocycles. The zero-order chi connectivity index (χ0) is 17.1. The molecule has 2 heterocycles. The van der Waals surface area contributed by atoms with Gasteiger partial charge in [-0.25, -0.2) is 14.3 Å². The first kappa shape index (κ1) is 16.0. The summed E-state index contributed by atoms with van der Waals surface area (Å²) >= 11 is 0. The second kappa shape index (κ2) is 6.74. The molecule has 126 valence electrons. The molecule has 7 heteroatoms. The number of aromatic nitrogens is 2. The van der Waals surface area contributed by atoms with Crippen molar-refractivity contribution in [1.82, 2.24) is 20.0 Å². The third-order valence-corrected chi connectivity index (χ3v) is 4.03. The number of carbonyl (C=O) groups is 2. The standard InChI is InChI=1S/C17H20N4O3/c1-3-24-16(22)15-13-11-20(17(23)18-2)10-9-14(13)21(19-15)12-7-5-4-6-8-12/h4-8H,3,9-11H2,1-2H3,(H,18,23). The molecule has 0 aliphatic carbocycles. The van der Waals surface area contributed by atoms with Crippen molar-refractivity contribution in [2.75, 3.05) is 20.2 Å². The van der Waals surface area contributed by atoms with Crippen LogP contribution in [0, 0.1) is 0 Å². The molecule has 24 heavy (non-hydrogen) atoms.